The summed E-state index contributed by atoms with van der Waals surface area (Å²) in [5.74, 6) is -1.08. The van der Waals surface area contributed by atoms with Crippen LogP contribution in [0, 0.1) is 0 Å². The average Bonchev–Trinajstić information content (AvgIpc) is 3.02. The molecule has 23 heavy (non-hydrogen) atoms. The smallest absolute Gasteiger partial charge is 0.293 e. The summed E-state index contributed by atoms with van der Waals surface area (Å²) in [6.07, 6.45) is 2.67. The summed E-state index contributed by atoms with van der Waals surface area (Å²) < 4.78 is 6.87. The molecule has 122 valence electrons. The van der Waals surface area contributed by atoms with Gasteiger partial charge in [-0.1, -0.05) is 37.3 Å². The van der Waals surface area contributed by atoms with E-state index in [1.165, 1.54) is 0 Å². The Morgan fingerprint density at radius 2 is 1.91 bits per heavy atom. The van der Waals surface area contributed by atoms with Crippen molar-refractivity contribution < 1.29 is 14.3 Å². The van der Waals surface area contributed by atoms with Crippen LogP contribution in [0.5, 0.6) is 0 Å². The summed E-state index contributed by atoms with van der Waals surface area (Å²) in [6.45, 7) is 3.43. The third-order valence-electron chi connectivity index (χ3n) is 3.51. The van der Waals surface area contributed by atoms with Crippen LogP contribution >= 0.6 is 0 Å². The zero-order valence-electron chi connectivity index (χ0n) is 13.5. The first-order chi connectivity index (χ1) is 11.2. The average molecular weight is 314 g/mol. The number of carbonyl (C=O) groups is 2. The first-order valence-corrected chi connectivity index (χ1v) is 7.74. The van der Waals surface area contributed by atoms with Crippen LogP contribution in [0.15, 0.2) is 42.6 Å². The normalized spacial score (nSPS) is 10.5. The SMILES string of the molecule is CCCNC(=O)C(=O)c1cc(-c2ccccc2)cn1CCOC. The lowest BCUT2D eigenvalue weighted by Crippen LogP contribution is -2.32. The number of hydrogen-bond acceptors (Lipinski definition) is 3. The van der Waals surface area contributed by atoms with E-state index in [4.69, 9.17) is 4.74 Å². The van der Waals surface area contributed by atoms with Gasteiger partial charge in [-0.3, -0.25) is 9.59 Å². The van der Waals surface area contributed by atoms with Crippen molar-refractivity contribution >= 4 is 11.7 Å². The quantitative estimate of drug-likeness (QED) is 0.601. The van der Waals surface area contributed by atoms with Crippen LogP contribution < -0.4 is 5.32 Å². The molecule has 1 amide bonds. The van der Waals surface area contributed by atoms with Crippen LogP contribution in [-0.4, -0.2) is 36.5 Å². The first kappa shape index (κ1) is 17.0. The Morgan fingerprint density at radius 1 is 1.17 bits per heavy atom. The van der Waals surface area contributed by atoms with Crippen LogP contribution in [0.4, 0.5) is 0 Å². The maximum atomic E-state index is 12.4. The molecular formula is C18H22N2O3. The number of amides is 1. The molecule has 1 aromatic carbocycles. The largest absolute Gasteiger partial charge is 0.383 e. The number of nitrogens with one attached hydrogen (secondary N) is 1. The number of aromatic nitrogens is 1. The highest BCUT2D eigenvalue weighted by Gasteiger charge is 2.21. The molecule has 5 nitrogen and oxygen atoms in total. The fourth-order valence-electron chi connectivity index (χ4n) is 2.30. The predicted octanol–water partition coefficient (Wildman–Crippen LogP) is 2.51. The first-order valence-electron chi connectivity index (χ1n) is 7.74. The fraction of sp³-hybridized carbons (Fsp3) is 0.333. The third-order valence-corrected chi connectivity index (χ3v) is 3.51. The zero-order chi connectivity index (χ0) is 16.7. The van der Waals surface area contributed by atoms with Gasteiger partial charge in [0.05, 0.1) is 12.3 Å². The Morgan fingerprint density at radius 3 is 2.57 bits per heavy atom. The van der Waals surface area contributed by atoms with Crippen LogP contribution in [0.1, 0.15) is 23.8 Å². The van der Waals surface area contributed by atoms with E-state index >= 15 is 0 Å². The van der Waals surface area contributed by atoms with Gasteiger partial charge < -0.3 is 14.6 Å². The molecule has 0 bridgehead atoms. The summed E-state index contributed by atoms with van der Waals surface area (Å²) in [5.41, 5.74) is 2.30. The second kappa shape index (κ2) is 8.29. The van der Waals surface area contributed by atoms with Gasteiger partial charge in [0.15, 0.2) is 0 Å². The monoisotopic (exact) mass is 314 g/mol. The Labute approximate surface area is 136 Å². The maximum absolute atomic E-state index is 12.4. The molecule has 0 fully saturated rings. The Bertz CT molecular complexity index is 662. The van der Waals surface area contributed by atoms with E-state index in [9.17, 15) is 9.59 Å². The summed E-state index contributed by atoms with van der Waals surface area (Å²) in [5, 5.41) is 2.63. The lowest BCUT2D eigenvalue weighted by molar-refractivity contribution is -0.117. The van der Waals surface area contributed by atoms with Gasteiger partial charge in [0.1, 0.15) is 0 Å². The number of ether oxygens (including phenoxy) is 1. The minimum absolute atomic E-state index is 0.384. The fourth-order valence-corrected chi connectivity index (χ4v) is 2.30. The van der Waals surface area contributed by atoms with E-state index in [1.807, 2.05) is 43.5 Å². The number of Topliss-reactive ketones (excluding diaryl/α,β-unsaturated/α-hetero) is 1. The van der Waals surface area contributed by atoms with Crippen molar-refractivity contribution in [2.75, 3.05) is 20.3 Å². The Kier molecular flexibility index (Phi) is 6.11. The van der Waals surface area contributed by atoms with Crippen molar-refractivity contribution in [3.05, 3.63) is 48.3 Å². The molecule has 0 spiro atoms. The number of nitrogens with zero attached hydrogens (tertiary/aromatic N) is 1. The van der Waals surface area contributed by atoms with Crippen LogP contribution in [0.3, 0.4) is 0 Å². The lowest BCUT2D eigenvalue weighted by atomic mass is 10.1. The van der Waals surface area contributed by atoms with Crippen molar-refractivity contribution in [3.8, 4) is 11.1 Å². The van der Waals surface area contributed by atoms with Crippen molar-refractivity contribution in [3.63, 3.8) is 0 Å². The topological polar surface area (TPSA) is 60.3 Å². The maximum Gasteiger partial charge on any atom is 0.293 e. The number of methoxy groups -OCH3 is 1. The van der Waals surface area contributed by atoms with E-state index in [0.29, 0.717) is 25.4 Å². The summed E-state index contributed by atoms with van der Waals surface area (Å²) in [7, 11) is 1.61. The Hall–Kier alpha value is -2.40. The molecule has 0 atom stereocenters. The van der Waals surface area contributed by atoms with Gasteiger partial charge in [-0.15, -0.1) is 0 Å². The number of hydrogen-bond donors (Lipinski definition) is 1. The molecule has 0 radical (unpaired) electrons. The van der Waals surface area contributed by atoms with Crippen LogP contribution in [0.25, 0.3) is 11.1 Å². The number of rotatable bonds is 8. The molecule has 0 saturated carbocycles. The number of ketones is 1. The molecule has 0 saturated heterocycles. The van der Waals surface area contributed by atoms with Gasteiger partial charge in [-0.25, -0.2) is 0 Å². The highest BCUT2D eigenvalue weighted by molar-refractivity contribution is 6.42. The van der Waals surface area contributed by atoms with Crippen molar-refractivity contribution in [2.24, 2.45) is 0 Å². The molecular weight excluding hydrogens is 292 g/mol. The minimum Gasteiger partial charge on any atom is -0.383 e. The molecule has 5 heteroatoms. The van der Waals surface area contributed by atoms with Gasteiger partial charge >= 0.3 is 0 Å². The van der Waals surface area contributed by atoms with Crippen molar-refractivity contribution in [1.29, 1.82) is 0 Å². The molecule has 2 aromatic rings. The molecule has 0 aliphatic carbocycles. The van der Waals surface area contributed by atoms with Crippen LogP contribution in [-0.2, 0) is 16.1 Å². The van der Waals surface area contributed by atoms with Crippen molar-refractivity contribution in [1.82, 2.24) is 9.88 Å². The van der Waals surface area contributed by atoms with Gasteiger partial charge in [-0.2, -0.15) is 0 Å². The summed E-state index contributed by atoms with van der Waals surface area (Å²) in [4.78, 5) is 24.4. The molecule has 1 heterocycles. The lowest BCUT2D eigenvalue weighted by Gasteiger charge is -2.07. The van der Waals surface area contributed by atoms with E-state index in [-0.39, 0.29) is 0 Å². The molecule has 1 aromatic heterocycles. The number of carbonyl (C=O) groups excluding carboxylic acids is 2. The predicted molar refractivity (Wildman–Crippen MR) is 89.4 cm³/mol. The molecule has 0 aliphatic heterocycles. The summed E-state index contributed by atoms with van der Waals surface area (Å²) in [6, 6.07) is 11.5. The Balaban J connectivity index is 2.30. The van der Waals surface area contributed by atoms with E-state index in [2.05, 4.69) is 5.32 Å². The standard InChI is InChI=1S/C18H22N2O3/c1-3-9-19-18(22)17(21)16-12-15(13-20(16)10-11-23-2)14-7-5-4-6-8-14/h4-8,12-13H,3,9-11H2,1-2H3,(H,19,22). The van der Waals surface area contributed by atoms with Crippen molar-refractivity contribution in [2.45, 2.75) is 19.9 Å². The summed E-state index contributed by atoms with van der Waals surface area (Å²) >= 11 is 0. The van der Waals surface area contributed by atoms with E-state index in [1.54, 1.807) is 17.7 Å². The highest BCUT2D eigenvalue weighted by atomic mass is 16.5. The van der Waals surface area contributed by atoms with Crippen LogP contribution in [0.2, 0.25) is 0 Å². The van der Waals surface area contributed by atoms with Gasteiger partial charge in [0, 0.05) is 32.0 Å². The van der Waals surface area contributed by atoms with Gasteiger partial charge in [-0.05, 0) is 18.1 Å². The molecule has 0 aliphatic rings. The molecule has 2 rings (SSSR count). The minimum atomic E-state index is -0.566. The third kappa shape index (κ3) is 4.29. The van der Waals surface area contributed by atoms with E-state index < -0.39 is 11.7 Å². The highest BCUT2D eigenvalue weighted by Crippen LogP contribution is 2.22. The second-order valence-electron chi connectivity index (χ2n) is 5.25. The van der Waals surface area contributed by atoms with E-state index in [0.717, 1.165) is 17.5 Å². The van der Waals surface area contributed by atoms with Gasteiger partial charge in [0.2, 0.25) is 0 Å². The zero-order valence-corrected chi connectivity index (χ0v) is 13.5. The van der Waals surface area contributed by atoms with Gasteiger partial charge in [0.25, 0.3) is 11.7 Å². The molecule has 1 N–H and O–H groups in total. The second-order valence-corrected chi connectivity index (χ2v) is 5.25. The molecule has 0 unspecified atom stereocenters. The number of benzene rings is 1.